The Kier molecular flexibility index (Phi) is 5.15. The lowest BCUT2D eigenvalue weighted by atomic mass is 9.77. The van der Waals surface area contributed by atoms with Gasteiger partial charge in [0.2, 0.25) is 0 Å². The molecule has 2 rings (SSSR count). The molecule has 20 heavy (non-hydrogen) atoms. The van der Waals surface area contributed by atoms with Crippen molar-refractivity contribution in [2.75, 3.05) is 33.7 Å². The van der Waals surface area contributed by atoms with Crippen LogP contribution in [0.2, 0.25) is 0 Å². The number of nitrogens with zero attached hydrogens (tertiary/aromatic N) is 2. The molecule has 2 N–H and O–H groups in total. The molecule has 6 heteroatoms. The van der Waals surface area contributed by atoms with E-state index in [2.05, 4.69) is 16.8 Å². The van der Waals surface area contributed by atoms with Crippen LogP contribution in [0, 0.1) is 11.7 Å². The number of hydrogen-bond acceptors (Lipinski definition) is 4. The van der Waals surface area contributed by atoms with Crippen LogP contribution >= 0.6 is 0 Å². The molecule has 0 aliphatic carbocycles. The van der Waals surface area contributed by atoms with Crippen molar-refractivity contribution in [2.24, 2.45) is 5.92 Å². The molecule has 110 valence electrons. The summed E-state index contributed by atoms with van der Waals surface area (Å²) in [5, 5.41) is 18.6. The summed E-state index contributed by atoms with van der Waals surface area (Å²) in [6, 6.07) is 4.18. The average molecular weight is 280 g/mol. The Morgan fingerprint density at radius 1 is 1.45 bits per heavy atom. The lowest BCUT2D eigenvalue weighted by molar-refractivity contribution is 0.267. The third kappa shape index (κ3) is 4.02. The Bertz CT molecular complexity index is 459. The summed E-state index contributed by atoms with van der Waals surface area (Å²) in [7, 11) is 2.50. The van der Waals surface area contributed by atoms with E-state index in [0.717, 1.165) is 25.2 Å². The molecule has 1 unspecified atom stereocenters. The van der Waals surface area contributed by atoms with E-state index in [1.54, 1.807) is 6.07 Å². The summed E-state index contributed by atoms with van der Waals surface area (Å²) < 4.78 is 13.2. The number of likely N-dealkylation sites (tertiary alicyclic amines) is 1. The minimum atomic E-state index is -1.63. The minimum absolute atomic E-state index is 0.250. The summed E-state index contributed by atoms with van der Waals surface area (Å²) in [5.41, 5.74) is 1.01. The fourth-order valence-electron chi connectivity index (χ4n) is 2.92. The molecule has 0 spiro atoms. The van der Waals surface area contributed by atoms with E-state index >= 15 is 0 Å². The molecule has 1 aromatic rings. The summed E-state index contributed by atoms with van der Waals surface area (Å²) in [6.07, 6.45) is 1.19. The maximum atomic E-state index is 13.2. The Morgan fingerprint density at radius 2 is 2.20 bits per heavy atom. The first-order chi connectivity index (χ1) is 9.45. The lowest BCUT2D eigenvalue weighted by Gasteiger charge is -2.22. The van der Waals surface area contributed by atoms with Crippen LogP contribution in [0.3, 0.4) is 0 Å². The standard InChI is InChI=1S/C14H22BFN2O2/c1-17-6-5-11(8-17)9-18(2)10-12-3-4-13(16)7-14(12)15(19)20/h3-4,7,11,19-20H,5-6,8-10H2,1-2H3. The molecule has 1 atom stereocenters. The highest BCUT2D eigenvalue weighted by molar-refractivity contribution is 6.59. The number of rotatable bonds is 5. The van der Waals surface area contributed by atoms with Gasteiger partial charge in [-0.25, -0.2) is 4.39 Å². The second kappa shape index (κ2) is 6.67. The molecule has 0 bridgehead atoms. The van der Waals surface area contributed by atoms with E-state index in [-0.39, 0.29) is 5.46 Å². The van der Waals surface area contributed by atoms with Gasteiger partial charge in [-0.1, -0.05) is 6.07 Å². The van der Waals surface area contributed by atoms with Gasteiger partial charge in [-0.3, -0.25) is 0 Å². The molecule has 0 radical (unpaired) electrons. The van der Waals surface area contributed by atoms with Crippen molar-refractivity contribution in [3.05, 3.63) is 29.6 Å². The van der Waals surface area contributed by atoms with E-state index < -0.39 is 12.9 Å². The zero-order chi connectivity index (χ0) is 14.7. The molecular formula is C14H22BFN2O2. The molecule has 1 heterocycles. The topological polar surface area (TPSA) is 46.9 Å². The van der Waals surface area contributed by atoms with Crippen molar-refractivity contribution in [1.29, 1.82) is 0 Å². The summed E-state index contributed by atoms with van der Waals surface area (Å²) in [4.78, 5) is 4.47. The molecule has 0 aromatic heterocycles. The predicted octanol–water partition coefficient (Wildman–Crippen LogP) is -0.111. The highest BCUT2D eigenvalue weighted by atomic mass is 19.1. The highest BCUT2D eigenvalue weighted by Crippen LogP contribution is 2.16. The first kappa shape index (κ1) is 15.4. The van der Waals surface area contributed by atoms with Crippen molar-refractivity contribution in [3.8, 4) is 0 Å². The first-order valence-corrected chi connectivity index (χ1v) is 6.97. The molecule has 0 amide bonds. The molecule has 1 aromatic carbocycles. The van der Waals surface area contributed by atoms with Gasteiger partial charge in [0.1, 0.15) is 5.82 Å². The summed E-state index contributed by atoms with van der Waals surface area (Å²) >= 11 is 0. The first-order valence-electron chi connectivity index (χ1n) is 6.97. The van der Waals surface area contributed by atoms with Crippen LogP contribution in [0.25, 0.3) is 0 Å². The molecule has 1 fully saturated rings. The van der Waals surface area contributed by atoms with Crippen LogP contribution in [0.1, 0.15) is 12.0 Å². The second-order valence-electron chi connectivity index (χ2n) is 5.83. The van der Waals surface area contributed by atoms with Gasteiger partial charge < -0.3 is 19.8 Å². The molecule has 1 aliphatic rings. The summed E-state index contributed by atoms with van der Waals surface area (Å²) in [6.45, 7) is 3.79. The quantitative estimate of drug-likeness (QED) is 0.739. The normalized spacial score (nSPS) is 19.8. The van der Waals surface area contributed by atoms with Gasteiger partial charge in [0.15, 0.2) is 0 Å². The van der Waals surface area contributed by atoms with Crippen LogP contribution < -0.4 is 5.46 Å². The third-order valence-electron chi connectivity index (χ3n) is 3.89. The molecule has 4 nitrogen and oxygen atoms in total. The minimum Gasteiger partial charge on any atom is -0.423 e. The van der Waals surface area contributed by atoms with E-state index in [0.29, 0.717) is 12.5 Å². The number of halogens is 1. The van der Waals surface area contributed by atoms with Crippen molar-refractivity contribution in [1.82, 2.24) is 9.80 Å². The zero-order valence-corrected chi connectivity index (χ0v) is 12.1. The molecule has 1 saturated heterocycles. The third-order valence-corrected chi connectivity index (χ3v) is 3.89. The SMILES string of the molecule is CN1CCC(CN(C)Cc2ccc(F)cc2B(O)O)C1. The van der Waals surface area contributed by atoms with Gasteiger partial charge in [0, 0.05) is 19.6 Å². The Labute approximate surface area is 120 Å². The van der Waals surface area contributed by atoms with Crippen LogP contribution in [-0.2, 0) is 6.54 Å². The van der Waals surface area contributed by atoms with E-state index in [1.165, 1.54) is 18.6 Å². The van der Waals surface area contributed by atoms with Gasteiger partial charge in [0.05, 0.1) is 0 Å². The average Bonchev–Trinajstić information content (AvgIpc) is 2.76. The monoisotopic (exact) mass is 280 g/mol. The molecular weight excluding hydrogens is 258 g/mol. The highest BCUT2D eigenvalue weighted by Gasteiger charge is 2.22. The second-order valence-corrected chi connectivity index (χ2v) is 5.83. The van der Waals surface area contributed by atoms with Crippen LogP contribution in [0.15, 0.2) is 18.2 Å². The van der Waals surface area contributed by atoms with Crippen LogP contribution in [-0.4, -0.2) is 60.7 Å². The maximum absolute atomic E-state index is 13.2. The van der Waals surface area contributed by atoms with E-state index in [1.807, 2.05) is 7.05 Å². The van der Waals surface area contributed by atoms with Crippen LogP contribution in [0.4, 0.5) is 4.39 Å². The van der Waals surface area contributed by atoms with Gasteiger partial charge >= 0.3 is 7.12 Å². The Morgan fingerprint density at radius 3 is 2.80 bits per heavy atom. The molecule has 1 aliphatic heterocycles. The Balaban J connectivity index is 1.98. The predicted molar refractivity (Wildman–Crippen MR) is 78.2 cm³/mol. The van der Waals surface area contributed by atoms with Gasteiger partial charge in [0.25, 0.3) is 0 Å². The van der Waals surface area contributed by atoms with Crippen molar-refractivity contribution >= 4 is 12.6 Å². The smallest absolute Gasteiger partial charge is 0.423 e. The van der Waals surface area contributed by atoms with Crippen molar-refractivity contribution in [2.45, 2.75) is 13.0 Å². The van der Waals surface area contributed by atoms with Crippen LogP contribution in [0.5, 0.6) is 0 Å². The van der Waals surface area contributed by atoms with Gasteiger partial charge in [-0.2, -0.15) is 0 Å². The zero-order valence-electron chi connectivity index (χ0n) is 12.1. The Hall–Kier alpha value is -0.945. The number of hydrogen-bond donors (Lipinski definition) is 2. The maximum Gasteiger partial charge on any atom is 0.488 e. The fraction of sp³-hybridized carbons (Fsp3) is 0.571. The van der Waals surface area contributed by atoms with E-state index in [4.69, 9.17) is 0 Å². The van der Waals surface area contributed by atoms with Crippen molar-refractivity contribution < 1.29 is 14.4 Å². The number of benzene rings is 1. The summed E-state index contributed by atoms with van der Waals surface area (Å²) in [5.74, 6) is 0.199. The molecule has 0 saturated carbocycles. The van der Waals surface area contributed by atoms with Gasteiger partial charge in [-0.05, 0) is 56.1 Å². The largest absolute Gasteiger partial charge is 0.488 e. The van der Waals surface area contributed by atoms with Gasteiger partial charge in [-0.15, -0.1) is 0 Å². The lowest BCUT2D eigenvalue weighted by Crippen LogP contribution is -2.36. The van der Waals surface area contributed by atoms with E-state index in [9.17, 15) is 14.4 Å². The van der Waals surface area contributed by atoms with Crippen molar-refractivity contribution in [3.63, 3.8) is 0 Å². The fourth-order valence-corrected chi connectivity index (χ4v) is 2.92.